The van der Waals surface area contributed by atoms with Gasteiger partial charge >= 0.3 is 6.18 Å². The van der Waals surface area contributed by atoms with Crippen LogP contribution in [0.5, 0.6) is 0 Å². The van der Waals surface area contributed by atoms with Crippen molar-refractivity contribution in [1.29, 1.82) is 0 Å². The first-order valence-electron chi connectivity index (χ1n) is 13.8. The van der Waals surface area contributed by atoms with E-state index in [1.54, 1.807) is 0 Å². The Kier molecular flexibility index (Phi) is 4.84. The third-order valence-electron chi connectivity index (χ3n) is 9.35. The minimum atomic E-state index is -4.20. The quantitative estimate of drug-likeness (QED) is 0.472. The Labute approximate surface area is 223 Å². The summed E-state index contributed by atoms with van der Waals surface area (Å²) >= 11 is 0. The first kappa shape index (κ1) is 24.0. The molecule has 2 saturated heterocycles. The Balaban J connectivity index is 1.18. The van der Waals surface area contributed by atoms with Crippen molar-refractivity contribution in [2.75, 3.05) is 31.2 Å². The number of nitrogens with zero attached hydrogens (tertiary/aromatic N) is 7. The molecule has 4 saturated carbocycles. The molecule has 3 aromatic heterocycles. The summed E-state index contributed by atoms with van der Waals surface area (Å²) in [6.45, 7) is 6.16. The van der Waals surface area contributed by atoms with Crippen LogP contribution in [-0.4, -0.2) is 68.3 Å². The highest BCUT2D eigenvalue weighted by Gasteiger charge is 2.79. The molecule has 6 fully saturated rings. The van der Waals surface area contributed by atoms with Crippen LogP contribution in [0, 0.1) is 12.3 Å². The fourth-order valence-corrected chi connectivity index (χ4v) is 7.02. The van der Waals surface area contributed by atoms with Crippen molar-refractivity contribution in [3.8, 4) is 0 Å². The van der Waals surface area contributed by atoms with Gasteiger partial charge in [0.2, 0.25) is 5.95 Å². The molecule has 12 heteroatoms. The van der Waals surface area contributed by atoms with Gasteiger partial charge in [-0.25, -0.2) is 15.0 Å². The van der Waals surface area contributed by atoms with E-state index in [2.05, 4.69) is 16.2 Å². The van der Waals surface area contributed by atoms with Crippen molar-refractivity contribution in [2.24, 2.45) is 5.41 Å². The maximum absolute atomic E-state index is 13.8. The van der Waals surface area contributed by atoms with E-state index in [9.17, 15) is 13.2 Å². The maximum atomic E-state index is 13.8. The number of ether oxygens (including phenoxy) is 2. The summed E-state index contributed by atoms with van der Waals surface area (Å²) in [5, 5.41) is 4.53. The summed E-state index contributed by atoms with van der Waals surface area (Å²) < 4.78 is 55.0. The van der Waals surface area contributed by atoms with E-state index >= 15 is 0 Å². The van der Waals surface area contributed by atoms with Gasteiger partial charge in [-0.2, -0.15) is 23.3 Å². The third-order valence-corrected chi connectivity index (χ3v) is 9.35. The first-order valence-corrected chi connectivity index (χ1v) is 13.8. The molecular formula is C27H30F3N7O2. The standard InChI is InChI=1S/C27H30F3N7O2/c1-14-6-36(8-19(39-14)16-5-31-37(7-16)18-3-4-18)24-34-22(25-11-26(12-25,13-25)27(28,29)30)21-23(35-24)32-15(2)20(33-21)17-9-38-10-17/h5,7,14,17-19H,3-4,6,8-13H2,1-2H3/t14-,19-,25?,26?/m1/s1. The van der Waals surface area contributed by atoms with Crippen LogP contribution in [-0.2, 0) is 14.9 Å². The molecule has 0 radical (unpaired) electrons. The zero-order valence-corrected chi connectivity index (χ0v) is 21.9. The highest BCUT2D eigenvalue weighted by atomic mass is 19.4. The number of hydrogen-bond acceptors (Lipinski definition) is 8. The highest BCUT2D eigenvalue weighted by Crippen LogP contribution is 2.78. The van der Waals surface area contributed by atoms with Crippen LogP contribution in [0.25, 0.3) is 11.2 Å². The zero-order chi connectivity index (χ0) is 26.7. The second-order valence-electron chi connectivity index (χ2n) is 12.4. The summed E-state index contributed by atoms with van der Waals surface area (Å²) in [5.74, 6) is 0.618. The molecular weight excluding hydrogens is 511 g/mol. The second-order valence-corrected chi connectivity index (χ2v) is 12.4. The number of aromatic nitrogens is 6. The average molecular weight is 542 g/mol. The molecule has 5 heterocycles. The normalized spacial score (nSPS) is 32.6. The van der Waals surface area contributed by atoms with Crippen molar-refractivity contribution < 1.29 is 22.6 Å². The van der Waals surface area contributed by atoms with Gasteiger partial charge in [-0.05, 0) is 46.0 Å². The Bertz CT molecular complexity index is 1460. The van der Waals surface area contributed by atoms with Crippen LogP contribution in [0.2, 0.25) is 0 Å². The largest absolute Gasteiger partial charge is 0.394 e. The van der Waals surface area contributed by atoms with E-state index in [1.807, 2.05) is 24.7 Å². The summed E-state index contributed by atoms with van der Waals surface area (Å²) in [5.41, 5.74) is 1.98. The number of alkyl halides is 3. The van der Waals surface area contributed by atoms with E-state index in [0.29, 0.717) is 55.2 Å². The summed E-state index contributed by atoms with van der Waals surface area (Å²) in [6, 6.07) is 0.480. The highest BCUT2D eigenvalue weighted by molar-refractivity contribution is 5.77. The van der Waals surface area contributed by atoms with Gasteiger partial charge in [-0.3, -0.25) is 4.68 Å². The number of rotatable bonds is 5. The maximum Gasteiger partial charge on any atom is 0.394 e. The predicted molar refractivity (Wildman–Crippen MR) is 133 cm³/mol. The fourth-order valence-electron chi connectivity index (χ4n) is 7.02. The Morgan fingerprint density at radius 1 is 1.03 bits per heavy atom. The van der Waals surface area contributed by atoms with Crippen LogP contribution < -0.4 is 4.90 Å². The molecule has 0 spiro atoms. The smallest absolute Gasteiger partial charge is 0.380 e. The molecule has 9 nitrogen and oxygen atoms in total. The van der Waals surface area contributed by atoms with Gasteiger partial charge in [0, 0.05) is 29.6 Å². The molecule has 2 atom stereocenters. The Hall–Kier alpha value is -2.86. The van der Waals surface area contributed by atoms with Gasteiger partial charge in [0.15, 0.2) is 5.65 Å². The zero-order valence-electron chi connectivity index (χ0n) is 21.9. The molecule has 6 aliphatic rings. The van der Waals surface area contributed by atoms with Gasteiger partial charge in [0.1, 0.15) is 11.6 Å². The lowest BCUT2D eigenvalue weighted by molar-refractivity contribution is -0.337. The second kappa shape index (κ2) is 7.87. The van der Waals surface area contributed by atoms with E-state index in [-0.39, 0.29) is 37.4 Å². The molecule has 0 N–H and O–H groups in total. The minimum absolute atomic E-state index is 0.0506. The minimum Gasteiger partial charge on any atom is -0.380 e. The summed E-state index contributed by atoms with van der Waals surface area (Å²) in [6.07, 6.45) is 1.88. The van der Waals surface area contributed by atoms with Crippen LogP contribution in [0.3, 0.4) is 0 Å². The molecule has 39 heavy (non-hydrogen) atoms. The Morgan fingerprint density at radius 3 is 2.46 bits per heavy atom. The molecule has 2 bridgehead atoms. The topological polar surface area (TPSA) is 91.1 Å². The van der Waals surface area contributed by atoms with Crippen LogP contribution in [0.1, 0.15) is 79.7 Å². The van der Waals surface area contributed by atoms with Crippen molar-refractivity contribution in [2.45, 2.75) is 81.7 Å². The Morgan fingerprint density at radius 2 is 1.79 bits per heavy atom. The number of hydrogen-bond donors (Lipinski definition) is 0. The van der Waals surface area contributed by atoms with E-state index in [1.165, 1.54) is 0 Å². The molecule has 9 rings (SSSR count). The van der Waals surface area contributed by atoms with Crippen LogP contribution in [0.4, 0.5) is 19.1 Å². The van der Waals surface area contributed by atoms with Crippen LogP contribution in [0.15, 0.2) is 12.4 Å². The number of fused-ring (bicyclic) bond motifs is 1. The molecule has 0 unspecified atom stereocenters. The van der Waals surface area contributed by atoms with Crippen molar-refractivity contribution in [3.63, 3.8) is 0 Å². The molecule has 0 aromatic carbocycles. The SMILES string of the molecule is Cc1nc2nc(N3C[C@@H](C)O[C@@H](c4cnn(C5CC5)c4)C3)nc(C34CC(C(F)(F)F)(C3)C4)c2nc1C1COC1. The summed E-state index contributed by atoms with van der Waals surface area (Å²) in [7, 11) is 0. The van der Waals surface area contributed by atoms with Gasteiger partial charge in [-0.15, -0.1) is 0 Å². The van der Waals surface area contributed by atoms with Crippen molar-refractivity contribution in [1.82, 2.24) is 29.7 Å². The van der Waals surface area contributed by atoms with Gasteiger partial charge in [0.05, 0.1) is 60.6 Å². The number of morpholine rings is 1. The van der Waals surface area contributed by atoms with E-state index in [4.69, 9.17) is 29.4 Å². The first-order chi connectivity index (χ1) is 18.6. The predicted octanol–water partition coefficient (Wildman–Crippen LogP) is 4.32. The van der Waals surface area contributed by atoms with E-state index < -0.39 is 17.0 Å². The monoisotopic (exact) mass is 541 g/mol. The lowest BCUT2D eigenvalue weighted by Crippen LogP contribution is -2.70. The molecule has 3 aromatic rings. The van der Waals surface area contributed by atoms with Crippen molar-refractivity contribution in [3.05, 3.63) is 35.0 Å². The number of halogens is 3. The number of aryl methyl sites for hydroxylation is 1. The van der Waals surface area contributed by atoms with Gasteiger partial charge < -0.3 is 14.4 Å². The van der Waals surface area contributed by atoms with Crippen LogP contribution >= 0.6 is 0 Å². The fraction of sp³-hybridized carbons (Fsp3) is 0.667. The third kappa shape index (κ3) is 3.56. The lowest BCUT2D eigenvalue weighted by atomic mass is 9.34. The molecule has 2 aliphatic heterocycles. The molecule has 0 amide bonds. The number of anilines is 1. The van der Waals surface area contributed by atoms with Gasteiger partial charge in [0.25, 0.3) is 0 Å². The lowest BCUT2D eigenvalue weighted by Gasteiger charge is -2.70. The van der Waals surface area contributed by atoms with E-state index in [0.717, 1.165) is 29.8 Å². The molecule has 4 aliphatic carbocycles. The summed E-state index contributed by atoms with van der Waals surface area (Å²) in [4.78, 5) is 21.7. The van der Waals surface area contributed by atoms with Gasteiger partial charge in [-0.1, -0.05) is 0 Å². The van der Waals surface area contributed by atoms with Crippen molar-refractivity contribution >= 4 is 17.1 Å². The average Bonchev–Trinajstić information content (AvgIpc) is 3.51. The molecule has 206 valence electrons.